The molecule has 0 saturated carbocycles. The molecular formula is C24H40N4O4. The molecule has 0 aliphatic carbocycles. The first-order chi connectivity index (χ1) is 14.7. The summed E-state index contributed by atoms with van der Waals surface area (Å²) in [5, 5.41) is 13.8. The van der Waals surface area contributed by atoms with Gasteiger partial charge in [0.1, 0.15) is 11.6 Å². The van der Waals surface area contributed by atoms with Gasteiger partial charge in [-0.1, -0.05) is 30.3 Å². The molecule has 180 valence electrons. The smallest absolute Gasteiger partial charge is 0.410 e. The largest absolute Gasteiger partial charge is 0.444 e. The van der Waals surface area contributed by atoms with Crippen LogP contribution in [0.4, 0.5) is 4.79 Å². The molecule has 0 aromatic heterocycles. The third kappa shape index (κ3) is 8.41. The predicted octanol–water partition coefficient (Wildman–Crippen LogP) is 1.75. The molecule has 8 heteroatoms. The van der Waals surface area contributed by atoms with Crippen molar-refractivity contribution in [1.82, 2.24) is 15.1 Å². The number of piperazine rings is 1. The number of hydrogen-bond donors (Lipinski definition) is 3. The Balaban J connectivity index is 2.09. The standard InChI is InChI=1S/C24H40N4O4/c1-23(2,3)26-21(30)19-15-28(22(31)32-24(4,5)6)13-12-27(19)16-20(29)18(25)14-17-10-8-7-9-11-17/h7-11,18-20,29H,12-16,25H2,1-6H3,(H,26,30)/t18-,19?,20+/m0/s1. The molecule has 1 saturated heterocycles. The van der Waals surface area contributed by atoms with Crippen molar-refractivity contribution >= 4 is 12.0 Å². The number of aliphatic hydroxyl groups is 1. The highest BCUT2D eigenvalue weighted by Gasteiger charge is 2.38. The minimum absolute atomic E-state index is 0.186. The van der Waals surface area contributed by atoms with Crippen LogP contribution in [0, 0.1) is 0 Å². The Morgan fingerprint density at radius 3 is 2.34 bits per heavy atom. The third-order valence-corrected chi connectivity index (χ3v) is 5.17. The summed E-state index contributed by atoms with van der Waals surface area (Å²) in [5.41, 5.74) is 6.29. The molecule has 1 aromatic carbocycles. The number of hydrogen-bond acceptors (Lipinski definition) is 6. The Bertz CT molecular complexity index is 758. The van der Waals surface area contributed by atoms with Crippen LogP contribution in [0.25, 0.3) is 0 Å². The molecule has 4 N–H and O–H groups in total. The van der Waals surface area contributed by atoms with Crippen molar-refractivity contribution in [2.75, 3.05) is 26.2 Å². The van der Waals surface area contributed by atoms with E-state index in [4.69, 9.17) is 10.5 Å². The van der Waals surface area contributed by atoms with Crippen LogP contribution in [-0.2, 0) is 16.0 Å². The minimum atomic E-state index is -0.812. The summed E-state index contributed by atoms with van der Waals surface area (Å²) in [7, 11) is 0. The molecule has 8 nitrogen and oxygen atoms in total. The van der Waals surface area contributed by atoms with E-state index < -0.39 is 35.4 Å². The Hall–Kier alpha value is -2.16. The first kappa shape index (κ1) is 26.1. The zero-order valence-corrected chi connectivity index (χ0v) is 20.3. The van der Waals surface area contributed by atoms with Gasteiger partial charge in [0, 0.05) is 37.8 Å². The molecule has 0 spiro atoms. The third-order valence-electron chi connectivity index (χ3n) is 5.17. The van der Waals surface area contributed by atoms with E-state index in [0.717, 1.165) is 5.56 Å². The average Bonchev–Trinajstić information content (AvgIpc) is 2.66. The van der Waals surface area contributed by atoms with Crippen LogP contribution >= 0.6 is 0 Å². The molecule has 1 fully saturated rings. The summed E-state index contributed by atoms with van der Waals surface area (Å²) in [5.74, 6) is -0.186. The van der Waals surface area contributed by atoms with Gasteiger partial charge >= 0.3 is 6.09 Å². The zero-order valence-electron chi connectivity index (χ0n) is 20.3. The van der Waals surface area contributed by atoms with E-state index in [1.807, 2.05) is 76.8 Å². The van der Waals surface area contributed by atoms with Crippen molar-refractivity contribution in [3.8, 4) is 0 Å². The quantitative estimate of drug-likeness (QED) is 0.612. The molecule has 1 heterocycles. The number of aliphatic hydroxyl groups excluding tert-OH is 1. The molecule has 1 unspecified atom stereocenters. The summed E-state index contributed by atoms with van der Waals surface area (Å²) in [6.45, 7) is 12.5. The number of nitrogens with two attached hydrogens (primary N) is 1. The SMILES string of the molecule is CC(C)(C)NC(=O)C1CN(C(=O)OC(C)(C)C)CCN1C[C@@H](O)[C@@H](N)Cc1ccccc1. The number of carbonyl (C=O) groups excluding carboxylic acids is 2. The van der Waals surface area contributed by atoms with E-state index in [9.17, 15) is 14.7 Å². The number of ether oxygens (including phenoxy) is 1. The molecule has 2 rings (SSSR count). The maximum absolute atomic E-state index is 13.1. The number of nitrogens with one attached hydrogen (secondary N) is 1. The number of β-amino-alcohol motifs (C(OH)–C–C–N with tert-alkyl or cyclic N) is 1. The normalized spacial score (nSPS) is 19.9. The summed E-state index contributed by atoms with van der Waals surface area (Å²) < 4.78 is 5.49. The van der Waals surface area contributed by atoms with E-state index in [1.54, 1.807) is 4.90 Å². The van der Waals surface area contributed by atoms with Gasteiger partial charge in [-0.05, 0) is 53.5 Å². The topological polar surface area (TPSA) is 108 Å². The molecule has 32 heavy (non-hydrogen) atoms. The first-order valence-corrected chi connectivity index (χ1v) is 11.3. The monoisotopic (exact) mass is 448 g/mol. The van der Waals surface area contributed by atoms with E-state index in [2.05, 4.69) is 5.32 Å². The lowest BCUT2D eigenvalue weighted by Gasteiger charge is -2.42. The number of rotatable bonds is 6. The van der Waals surface area contributed by atoms with Gasteiger partial charge < -0.3 is 25.8 Å². The van der Waals surface area contributed by atoms with Crippen LogP contribution < -0.4 is 11.1 Å². The summed E-state index contributed by atoms with van der Waals surface area (Å²) in [4.78, 5) is 29.1. The van der Waals surface area contributed by atoms with Gasteiger partial charge in [-0.2, -0.15) is 0 Å². The molecule has 1 aromatic rings. The average molecular weight is 449 g/mol. The molecule has 0 radical (unpaired) electrons. The summed E-state index contributed by atoms with van der Waals surface area (Å²) in [6.07, 6.45) is -0.709. The number of benzene rings is 1. The van der Waals surface area contributed by atoms with Gasteiger partial charge in [0.2, 0.25) is 5.91 Å². The molecule has 1 aliphatic heterocycles. The van der Waals surface area contributed by atoms with Crippen molar-refractivity contribution < 1.29 is 19.4 Å². The Labute approximate surface area is 192 Å². The van der Waals surface area contributed by atoms with E-state index in [0.29, 0.717) is 19.5 Å². The highest BCUT2D eigenvalue weighted by atomic mass is 16.6. The van der Waals surface area contributed by atoms with Gasteiger partial charge in [-0.15, -0.1) is 0 Å². The maximum Gasteiger partial charge on any atom is 0.410 e. The number of nitrogens with zero attached hydrogens (tertiary/aromatic N) is 2. The molecule has 2 amide bonds. The lowest BCUT2D eigenvalue weighted by molar-refractivity contribution is -0.131. The number of amides is 2. The van der Waals surface area contributed by atoms with Crippen LogP contribution in [-0.4, -0.2) is 82.4 Å². The van der Waals surface area contributed by atoms with Crippen LogP contribution in [0.2, 0.25) is 0 Å². The molecule has 0 bridgehead atoms. The fourth-order valence-electron chi connectivity index (χ4n) is 3.63. The van der Waals surface area contributed by atoms with Crippen molar-refractivity contribution in [2.45, 2.75) is 77.3 Å². The maximum atomic E-state index is 13.1. The van der Waals surface area contributed by atoms with Gasteiger partial charge in [-0.25, -0.2) is 4.79 Å². The van der Waals surface area contributed by atoms with Crippen LogP contribution in [0.1, 0.15) is 47.1 Å². The second-order valence-electron chi connectivity index (χ2n) is 10.6. The fourth-order valence-corrected chi connectivity index (χ4v) is 3.63. The molecular weight excluding hydrogens is 408 g/mol. The highest BCUT2D eigenvalue weighted by molar-refractivity contribution is 5.83. The second-order valence-corrected chi connectivity index (χ2v) is 10.6. The zero-order chi connectivity index (χ0) is 24.1. The Kier molecular flexibility index (Phi) is 8.67. The lowest BCUT2D eigenvalue weighted by Crippen LogP contribution is -2.63. The molecule has 3 atom stereocenters. The van der Waals surface area contributed by atoms with Crippen LogP contribution in [0.5, 0.6) is 0 Å². The van der Waals surface area contributed by atoms with Crippen molar-refractivity contribution in [2.24, 2.45) is 5.73 Å². The van der Waals surface area contributed by atoms with Crippen LogP contribution in [0.3, 0.4) is 0 Å². The van der Waals surface area contributed by atoms with Gasteiger partial charge in [-0.3, -0.25) is 9.69 Å². The fraction of sp³-hybridized carbons (Fsp3) is 0.667. The minimum Gasteiger partial charge on any atom is -0.444 e. The van der Waals surface area contributed by atoms with Gasteiger partial charge in [0.15, 0.2) is 0 Å². The van der Waals surface area contributed by atoms with Crippen molar-refractivity contribution in [3.63, 3.8) is 0 Å². The Morgan fingerprint density at radius 1 is 1.16 bits per heavy atom. The second kappa shape index (κ2) is 10.6. The van der Waals surface area contributed by atoms with Gasteiger partial charge in [0.05, 0.1) is 6.10 Å². The van der Waals surface area contributed by atoms with E-state index in [1.165, 1.54) is 0 Å². The van der Waals surface area contributed by atoms with E-state index >= 15 is 0 Å². The summed E-state index contributed by atoms with van der Waals surface area (Å²) in [6, 6.07) is 8.71. The van der Waals surface area contributed by atoms with E-state index in [-0.39, 0.29) is 19.0 Å². The van der Waals surface area contributed by atoms with Crippen molar-refractivity contribution in [3.05, 3.63) is 35.9 Å². The van der Waals surface area contributed by atoms with Gasteiger partial charge in [0.25, 0.3) is 0 Å². The summed E-state index contributed by atoms with van der Waals surface area (Å²) >= 11 is 0. The van der Waals surface area contributed by atoms with Crippen LogP contribution in [0.15, 0.2) is 30.3 Å². The molecule has 1 aliphatic rings. The number of carbonyl (C=O) groups is 2. The highest BCUT2D eigenvalue weighted by Crippen LogP contribution is 2.17. The first-order valence-electron chi connectivity index (χ1n) is 11.3. The van der Waals surface area contributed by atoms with Crippen molar-refractivity contribution in [1.29, 1.82) is 0 Å². The predicted molar refractivity (Wildman–Crippen MR) is 125 cm³/mol. The lowest BCUT2D eigenvalue weighted by atomic mass is 10.0. The Morgan fingerprint density at radius 2 is 1.78 bits per heavy atom.